The lowest BCUT2D eigenvalue weighted by Gasteiger charge is -2.07. The molecule has 0 spiro atoms. The Morgan fingerprint density at radius 1 is 1.43 bits per heavy atom. The van der Waals surface area contributed by atoms with Crippen LogP contribution >= 0.6 is 0 Å². The van der Waals surface area contributed by atoms with Gasteiger partial charge < -0.3 is 9.84 Å². The number of nitrogens with one attached hydrogen (secondary N) is 1. The van der Waals surface area contributed by atoms with E-state index in [1.807, 2.05) is 20.8 Å². The van der Waals surface area contributed by atoms with Crippen molar-refractivity contribution < 1.29 is 13.7 Å². The molecule has 1 heterocycles. The summed E-state index contributed by atoms with van der Waals surface area (Å²) in [6.07, 6.45) is 0.565. The van der Waals surface area contributed by atoms with E-state index in [1.165, 1.54) is 12.1 Å². The first kappa shape index (κ1) is 15.2. The molecule has 0 saturated carbocycles. The van der Waals surface area contributed by atoms with Gasteiger partial charge >= 0.3 is 0 Å². The van der Waals surface area contributed by atoms with Crippen LogP contribution in [-0.2, 0) is 11.2 Å². The molecule has 0 unspecified atom stereocenters. The zero-order valence-electron chi connectivity index (χ0n) is 12.3. The molecule has 0 saturated heterocycles. The Kier molecular flexibility index (Phi) is 4.67. The Hall–Kier alpha value is -2.24. The lowest BCUT2D eigenvalue weighted by Crippen LogP contribution is -2.13. The maximum atomic E-state index is 13.1. The molecule has 6 heteroatoms. The van der Waals surface area contributed by atoms with Gasteiger partial charge in [-0.15, -0.1) is 0 Å². The molecule has 0 bridgehead atoms. The fraction of sp³-hybridized carbons (Fsp3) is 0.400. The van der Waals surface area contributed by atoms with E-state index in [0.29, 0.717) is 23.8 Å². The van der Waals surface area contributed by atoms with E-state index in [9.17, 15) is 9.18 Å². The summed E-state index contributed by atoms with van der Waals surface area (Å²) in [6.45, 7) is 5.74. The van der Waals surface area contributed by atoms with Gasteiger partial charge in [0, 0.05) is 24.4 Å². The Balaban J connectivity index is 1.91. The largest absolute Gasteiger partial charge is 0.339 e. The monoisotopic (exact) mass is 291 g/mol. The standard InChI is InChI=1S/C15H18FN3O2/c1-9(2)15-18-14(21-19-15)7-6-13(20)17-12-8-11(16)5-4-10(12)3/h4-5,8-9H,6-7H2,1-3H3,(H,17,20). The van der Waals surface area contributed by atoms with Gasteiger partial charge in [0.2, 0.25) is 11.8 Å². The molecule has 21 heavy (non-hydrogen) atoms. The van der Waals surface area contributed by atoms with Crippen LogP contribution in [0.1, 0.15) is 43.5 Å². The molecule has 112 valence electrons. The average molecular weight is 291 g/mol. The molecule has 0 atom stereocenters. The predicted molar refractivity (Wildman–Crippen MR) is 76.5 cm³/mol. The fourth-order valence-electron chi connectivity index (χ4n) is 1.77. The van der Waals surface area contributed by atoms with Crippen LogP contribution in [0.3, 0.4) is 0 Å². The Morgan fingerprint density at radius 3 is 2.86 bits per heavy atom. The third-order valence-electron chi connectivity index (χ3n) is 3.04. The van der Waals surface area contributed by atoms with E-state index in [1.54, 1.807) is 6.07 Å². The van der Waals surface area contributed by atoms with Crippen molar-refractivity contribution in [3.05, 3.63) is 41.3 Å². The predicted octanol–water partition coefficient (Wildman–Crippen LogP) is 3.21. The number of rotatable bonds is 5. The smallest absolute Gasteiger partial charge is 0.227 e. The van der Waals surface area contributed by atoms with Crippen molar-refractivity contribution in [2.24, 2.45) is 0 Å². The first-order valence-electron chi connectivity index (χ1n) is 6.84. The number of halogens is 1. The van der Waals surface area contributed by atoms with Crippen LogP contribution in [0.2, 0.25) is 0 Å². The van der Waals surface area contributed by atoms with Gasteiger partial charge in [-0.3, -0.25) is 4.79 Å². The Bertz CT molecular complexity index is 638. The molecule has 2 aromatic rings. The first-order valence-corrected chi connectivity index (χ1v) is 6.84. The van der Waals surface area contributed by atoms with Gasteiger partial charge in [0.05, 0.1) is 0 Å². The van der Waals surface area contributed by atoms with Crippen molar-refractivity contribution in [1.82, 2.24) is 10.1 Å². The molecule has 2 rings (SSSR count). The summed E-state index contributed by atoms with van der Waals surface area (Å²) in [4.78, 5) is 16.1. The normalized spacial score (nSPS) is 10.9. The van der Waals surface area contributed by atoms with Gasteiger partial charge in [0.1, 0.15) is 5.82 Å². The minimum Gasteiger partial charge on any atom is -0.339 e. The van der Waals surface area contributed by atoms with Crippen LogP contribution in [0.4, 0.5) is 10.1 Å². The summed E-state index contributed by atoms with van der Waals surface area (Å²) < 4.78 is 18.2. The van der Waals surface area contributed by atoms with E-state index < -0.39 is 0 Å². The number of anilines is 1. The number of hydrogen-bond acceptors (Lipinski definition) is 4. The van der Waals surface area contributed by atoms with Gasteiger partial charge in [-0.25, -0.2) is 4.39 Å². The molecule has 1 aromatic heterocycles. The molecular formula is C15H18FN3O2. The first-order chi connectivity index (χ1) is 9.95. The van der Waals surface area contributed by atoms with E-state index in [-0.39, 0.29) is 24.1 Å². The quantitative estimate of drug-likeness (QED) is 0.918. The van der Waals surface area contributed by atoms with Crippen LogP contribution in [-0.4, -0.2) is 16.0 Å². The number of hydrogen-bond donors (Lipinski definition) is 1. The van der Waals surface area contributed by atoms with Gasteiger partial charge in [-0.05, 0) is 24.6 Å². The van der Waals surface area contributed by atoms with Gasteiger partial charge in [0.25, 0.3) is 0 Å². The fourth-order valence-corrected chi connectivity index (χ4v) is 1.77. The molecule has 0 fully saturated rings. The molecule has 1 N–H and O–H groups in total. The summed E-state index contributed by atoms with van der Waals surface area (Å²) in [6, 6.07) is 4.28. The Labute approximate surface area is 122 Å². The minimum absolute atomic E-state index is 0.186. The minimum atomic E-state index is -0.380. The second-order valence-corrected chi connectivity index (χ2v) is 5.21. The third-order valence-corrected chi connectivity index (χ3v) is 3.04. The van der Waals surface area contributed by atoms with E-state index in [0.717, 1.165) is 5.56 Å². The van der Waals surface area contributed by atoms with Gasteiger partial charge in [-0.2, -0.15) is 4.98 Å². The molecule has 1 aromatic carbocycles. The third kappa shape index (κ3) is 4.11. The maximum absolute atomic E-state index is 13.1. The summed E-state index contributed by atoms with van der Waals surface area (Å²) >= 11 is 0. The zero-order valence-corrected chi connectivity index (χ0v) is 12.3. The number of amides is 1. The maximum Gasteiger partial charge on any atom is 0.227 e. The second-order valence-electron chi connectivity index (χ2n) is 5.21. The van der Waals surface area contributed by atoms with Crippen LogP contribution in [0.5, 0.6) is 0 Å². The highest BCUT2D eigenvalue weighted by molar-refractivity contribution is 5.91. The van der Waals surface area contributed by atoms with Crippen molar-refractivity contribution in [3.63, 3.8) is 0 Å². The molecule has 0 aliphatic rings. The Morgan fingerprint density at radius 2 is 2.19 bits per heavy atom. The second kappa shape index (κ2) is 6.47. The molecule has 0 aliphatic heterocycles. The summed E-state index contributed by atoms with van der Waals surface area (Å²) in [5, 5.41) is 6.52. The van der Waals surface area contributed by atoms with Crippen LogP contribution in [0.25, 0.3) is 0 Å². The molecule has 5 nitrogen and oxygen atoms in total. The van der Waals surface area contributed by atoms with Crippen LogP contribution in [0, 0.1) is 12.7 Å². The SMILES string of the molecule is Cc1ccc(F)cc1NC(=O)CCc1nc(C(C)C)no1. The highest BCUT2D eigenvalue weighted by Gasteiger charge is 2.12. The van der Waals surface area contributed by atoms with Gasteiger partial charge in [0.15, 0.2) is 5.82 Å². The average Bonchev–Trinajstić information content (AvgIpc) is 2.90. The van der Waals surface area contributed by atoms with Crippen molar-refractivity contribution in [1.29, 1.82) is 0 Å². The van der Waals surface area contributed by atoms with E-state index >= 15 is 0 Å². The highest BCUT2D eigenvalue weighted by Crippen LogP contribution is 2.16. The molecular weight excluding hydrogens is 273 g/mol. The van der Waals surface area contributed by atoms with E-state index in [4.69, 9.17) is 4.52 Å². The van der Waals surface area contributed by atoms with Crippen molar-refractivity contribution in [3.8, 4) is 0 Å². The number of carbonyl (C=O) groups is 1. The number of aromatic nitrogens is 2. The highest BCUT2D eigenvalue weighted by atomic mass is 19.1. The summed E-state index contributed by atoms with van der Waals surface area (Å²) in [5.74, 6) is 0.657. The molecule has 1 amide bonds. The van der Waals surface area contributed by atoms with Crippen molar-refractivity contribution >= 4 is 11.6 Å². The number of carbonyl (C=O) groups excluding carboxylic acids is 1. The molecule has 0 aliphatic carbocycles. The lowest BCUT2D eigenvalue weighted by atomic mass is 10.2. The molecule has 0 radical (unpaired) electrons. The summed E-state index contributed by atoms with van der Waals surface area (Å²) in [7, 11) is 0. The van der Waals surface area contributed by atoms with Crippen LogP contribution in [0.15, 0.2) is 22.7 Å². The number of aryl methyl sites for hydroxylation is 2. The zero-order chi connectivity index (χ0) is 15.4. The summed E-state index contributed by atoms with van der Waals surface area (Å²) in [5.41, 5.74) is 1.29. The number of benzene rings is 1. The number of nitrogens with zero attached hydrogens (tertiary/aromatic N) is 2. The lowest BCUT2D eigenvalue weighted by molar-refractivity contribution is -0.116. The van der Waals surface area contributed by atoms with Crippen molar-refractivity contribution in [2.45, 2.75) is 39.5 Å². The van der Waals surface area contributed by atoms with Crippen molar-refractivity contribution in [2.75, 3.05) is 5.32 Å². The van der Waals surface area contributed by atoms with Gasteiger partial charge in [-0.1, -0.05) is 25.1 Å². The van der Waals surface area contributed by atoms with E-state index in [2.05, 4.69) is 15.5 Å². The topological polar surface area (TPSA) is 68.0 Å². The van der Waals surface area contributed by atoms with Crippen LogP contribution < -0.4 is 5.32 Å².